The van der Waals surface area contributed by atoms with Crippen molar-refractivity contribution in [1.82, 2.24) is 5.06 Å². The van der Waals surface area contributed by atoms with Crippen LogP contribution < -0.4 is 0 Å². The number of hydrogen-bond acceptors (Lipinski definition) is 2. The van der Waals surface area contributed by atoms with E-state index in [4.69, 9.17) is 16.4 Å². The molecule has 128 valence electrons. The largest absolute Gasteiger partial charge is 0.292 e. The van der Waals surface area contributed by atoms with Crippen molar-refractivity contribution in [3.63, 3.8) is 0 Å². The van der Waals surface area contributed by atoms with E-state index in [9.17, 15) is 0 Å². The Balaban J connectivity index is 1.90. The highest BCUT2D eigenvalue weighted by molar-refractivity contribution is 6.30. The third kappa shape index (κ3) is 3.06. The van der Waals surface area contributed by atoms with Crippen LogP contribution in [0, 0.1) is 18.8 Å². The van der Waals surface area contributed by atoms with Gasteiger partial charge in [-0.1, -0.05) is 24.6 Å². The van der Waals surface area contributed by atoms with Crippen LogP contribution in [0.15, 0.2) is 18.2 Å². The molecule has 3 rings (SSSR count). The number of halogens is 1. The van der Waals surface area contributed by atoms with Crippen molar-refractivity contribution < 1.29 is 4.84 Å². The van der Waals surface area contributed by atoms with Crippen LogP contribution in [-0.2, 0) is 4.84 Å². The van der Waals surface area contributed by atoms with Gasteiger partial charge >= 0.3 is 0 Å². The number of hydroxylamine groups is 2. The van der Waals surface area contributed by atoms with Crippen LogP contribution in [0.25, 0.3) is 0 Å². The second kappa shape index (κ2) is 6.06. The average Bonchev–Trinajstić information content (AvgIpc) is 2.71. The monoisotopic (exact) mass is 335 g/mol. The minimum Gasteiger partial charge on any atom is -0.292 e. The minimum absolute atomic E-state index is 0.0812. The van der Waals surface area contributed by atoms with Gasteiger partial charge in [0.15, 0.2) is 0 Å². The fourth-order valence-corrected chi connectivity index (χ4v) is 5.08. The summed E-state index contributed by atoms with van der Waals surface area (Å²) in [6.45, 7) is 13.6. The molecule has 1 saturated heterocycles. The fraction of sp³-hybridized carbons (Fsp3) is 0.700. The molecular formula is C20H30ClNO. The second-order valence-electron chi connectivity index (χ2n) is 8.39. The lowest BCUT2D eigenvalue weighted by molar-refractivity contribution is -0.215. The van der Waals surface area contributed by atoms with Gasteiger partial charge in [0.05, 0.1) is 5.60 Å². The molecule has 3 heteroatoms. The van der Waals surface area contributed by atoms with Gasteiger partial charge in [-0.15, -0.1) is 0 Å². The van der Waals surface area contributed by atoms with E-state index in [0.717, 1.165) is 5.02 Å². The molecule has 0 radical (unpaired) electrons. The standard InChI is InChI=1S/C20H30ClNO/c1-12(2)22-19-14(4)9-15(11-18(19)20(5,6)23-22)17-8-7-16(21)10-13(17)3/h7-8,10,12,14-15,18-19H,9,11H2,1-6H3. The van der Waals surface area contributed by atoms with Gasteiger partial charge in [-0.2, -0.15) is 5.06 Å². The molecule has 23 heavy (non-hydrogen) atoms. The first-order chi connectivity index (χ1) is 10.7. The molecule has 1 aliphatic carbocycles. The van der Waals surface area contributed by atoms with Gasteiger partial charge in [-0.3, -0.25) is 4.84 Å². The van der Waals surface area contributed by atoms with Crippen LogP contribution in [0.2, 0.25) is 5.02 Å². The van der Waals surface area contributed by atoms with E-state index in [1.807, 2.05) is 6.07 Å². The zero-order chi connectivity index (χ0) is 16.9. The number of nitrogens with zero attached hydrogens (tertiary/aromatic N) is 1. The van der Waals surface area contributed by atoms with Crippen LogP contribution >= 0.6 is 11.6 Å². The molecule has 0 bridgehead atoms. The number of aryl methyl sites for hydroxylation is 1. The van der Waals surface area contributed by atoms with Crippen LogP contribution in [0.1, 0.15) is 64.5 Å². The van der Waals surface area contributed by atoms with Gasteiger partial charge in [-0.25, -0.2) is 0 Å². The fourth-order valence-electron chi connectivity index (χ4n) is 4.85. The maximum atomic E-state index is 6.37. The lowest BCUT2D eigenvalue weighted by Gasteiger charge is -2.41. The molecule has 4 unspecified atom stereocenters. The molecule has 0 N–H and O–H groups in total. The van der Waals surface area contributed by atoms with Gasteiger partial charge in [-0.05, 0) is 82.6 Å². The van der Waals surface area contributed by atoms with E-state index < -0.39 is 0 Å². The van der Waals surface area contributed by atoms with Crippen LogP contribution in [0.4, 0.5) is 0 Å². The van der Waals surface area contributed by atoms with Crippen molar-refractivity contribution in [2.75, 3.05) is 0 Å². The normalized spacial score (nSPS) is 33.9. The molecule has 1 aromatic rings. The van der Waals surface area contributed by atoms with Gasteiger partial charge in [0, 0.05) is 23.0 Å². The minimum atomic E-state index is -0.0812. The Morgan fingerprint density at radius 3 is 2.57 bits per heavy atom. The van der Waals surface area contributed by atoms with Crippen molar-refractivity contribution in [1.29, 1.82) is 0 Å². The Kier molecular flexibility index (Phi) is 4.54. The molecule has 1 heterocycles. The lowest BCUT2D eigenvalue weighted by Crippen LogP contribution is -2.45. The summed E-state index contributed by atoms with van der Waals surface area (Å²) in [7, 11) is 0. The Morgan fingerprint density at radius 1 is 1.26 bits per heavy atom. The van der Waals surface area contributed by atoms with E-state index >= 15 is 0 Å². The zero-order valence-corrected chi connectivity index (χ0v) is 16.0. The molecule has 1 aromatic carbocycles. The molecule has 2 aliphatic rings. The summed E-state index contributed by atoms with van der Waals surface area (Å²) in [4.78, 5) is 6.37. The third-order valence-corrected chi connectivity index (χ3v) is 6.13. The molecule has 1 saturated carbocycles. The number of benzene rings is 1. The van der Waals surface area contributed by atoms with Crippen LogP contribution in [0.5, 0.6) is 0 Å². The predicted octanol–water partition coefficient (Wildman–Crippen LogP) is 5.58. The van der Waals surface area contributed by atoms with E-state index in [2.05, 4.69) is 58.7 Å². The average molecular weight is 336 g/mol. The highest BCUT2D eigenvalue weighted by Crippen LogP contribution is 2.51. The van der Waals surface area contributed by atoms with Crippen LogP contribution in [0.3, 0.4) is 0 Å². The Hall–Kier alpha value is -0.570. The number of rotatable bonds is 2. The van der Waals surface area contributed by atoms with E-state index in [0.29, 0.717) is 29.8 Å². The maximum absolute atomic E-state index is 6.37. The molecule has 2 nitrogen and oxygen atoms in total. The first-order valence-corrected chi connectivity index (χ1v) is 9.32. The summed E-state index contributed by atoms with van der Waals surface area (Å²) < 4.78 is 0. The first-order valence-electron chi connectivity index (χ1n) is 8.94. The Bertz CT molecular complexity index is 583. The van der Waals surface area contributed by atoms with E-state index in [1.165, 1.54) is 24.0 Å². The summed E-state index contributed by atoms with van der Waals surface area (Å²) in [6.07, 6.45) is 2.43. The highest BCUT2D eigenvalue weighted by Gasteiger charge is 2.54. The second-order valence-corrected chi connectivity index (χ2v) is 8.83. The molecule has 0 aromatic heterocycles. The molecule has 0 amide bonds. The van der Waals surface area contributed by atoms with Gasteiger partial charge in [0.1, 0.15) is 0 Å². The predicted molar refractivity (Wildman–Crippen MR) is 96.7 cm³/mol. The van der Waals surface area contributed by atoms with Gasteiger partial charge < -0.3 is 0 Å². The Morgan fingerprint density at radius 2 is 1.96 bits per heavy atom. The molecule has 4 atom stereocenters. The number of hydrogen-bond donors (Lipinski definition) is 0. The van der Waals surface area contributed by atoms with Crippen molar-refractivity contribution in [3.8, 4) is 0 Å². The van der Waals surface area contributed by atoms with Crippen molar-refractivity contribution in [2.24, 2.45) is 11.8 Å². The summed E-state index contributed by atoms with van der Waals surface area (Å²) >= 11 is 6.15. The SMILES string of the molecule is Cc1cc(Cl)ccc1C1CC(C)C2C(C1)C(C)(C)ON2C(C)C. The zero-order valence-electron chi connectivity index (χ0n) is 15.3. The smallest absolute Gasteiger partial charge is 0.0888 e. The van der Waals surface area contributed by atoms with Crippen LogP contribution in [-0.4, -0.2) is 22.7 Å². The van der Waals surface area contributed by atoms with E-state index in [1.54, 1.807) is 0 Å². The number of fused-ring (bicyclic) bond motifs is 1. The van der Waals surface area contributed by atoms with Gasteiger partial charge in [0.2, 0.25) is 0 Å². The summed E-state index contributed by atoms with van der Waals surface area (Å²) in [5, 5.41) is 3.11. The lowest BCUT2D eigenvalue weighted by atomic mass is 9.65. The first kappa shape index (κ1) is 17.3. The topological polar surface area (TPSA) is 12.5 Å². The van der Waals surface area contributed by atoms with Crippen molar-refractivity contribution in [2.45, 2.75) is 78.0 Å². The summed E-state index contributed by atoms with van der Waals surface area (Å²) in [5.74, 6) is 1.82. The third-order valence-electron chi connectivity index (χ3n) is 5.90. The maximum Gasteiger partial charge on any atom is 0.0888 e. The summed E-state index contributed by atoms with van der Waals surface area (Å²) in [5.41, 5.74) is 2.71. The highest BCUT2D eigenvalue weighted by atomic mass is 35.5. The van der Waals surface area contributed by atoms with Crippen molar-refractivity contribution in [3.05, 3.63) is 34.3 Å². The molecular weight excluding hydrogens is 306 g/mol. The summed E-state index contributed by atoms with van der Waals surface area (Å²) in [6, 6.07) is 7.34. The van der Waals surface area contributed by atoms with Crippen molar-refractivity contribution >= 4 is 11.6 Å². The quantitative estimate of drug-likeness (QED) is 0.699. The van der Waals surface area contributed by atoms with E-state index in [-0.39, 0.29) is 5.60 Å². The Labute approximate surface area is 146 Å². The molecule has 2 fully saturated rings. The molecule has 1 aliphatic heterocycles. The molecule has 0 spiro atoms. The van der Waals surface area contributed by atoms with Gasteiger partial charge in [0.25, 0.3) is 0 Å².